The summed E-state index contributed by atoms with van der Waals surface area (Å²) in [5, 5.41) is 0. The summed E-state index contributed by atoms with van der Waals surface area (Å²) in [5.74, 6) is 0.130. The third-order valence-electron chi connectivity index (χ3n) is 6.45. The number of carbonyl (C=O) groups is 2. The Kier molecular flexibility index (Phi) is 5.95. The topological polar surface area (TPSA) is 66.6 Å². The molecule has 2 fully saturated rings. The van der Waals surface area contributed by atoms with Gasteiger partial charge in [-0.25, -0.2) is 0 Å². The number of amides is 2. The summed E-state index contributed by atoms with van der Waals surface area (Å²) in [6.45, 7) is 3.38. The summed E-state index contributed by atoms with van der Waals surface area (Å²) in [7, 11) is 0. The highest BCUT2D eigenvalue weighted by molar-refractivity contribution is 5.79. The molecule has 0 aliphatic carbocycles. The Labute approximate surface area is 172 Å². The largest absolute Gasteiger partial charge is 0.369 e. The van der Waals surface area contributed by atoms with E-state index < -0.39 is 0 Å². The molecule has 0 unspecified atom stereocenters. The summed E-state index contributed by atoms with van der Waals surface area (Å²) in [4.78, 5) is 28.7. The van der Waals surface area contributed by atoms with Crippen LogP contribution in [0.15, 0.2) is 60.7 Å². The summed E-state index contributed by atoms with van der Waals surface area (Å²) in [5.41, 5.74) is 7.79. The molecule has 4 rings (SSSR count). The van der Waals surface area contributed by atoms with Crippen LogP contribution in [0.3, 0.4) is 0 Å². The van der Waals surface area contributed by atoms with Gasteiger partial charge in [0.25, 0.3) is 0 Å². The van der Waals surface area contributed by atoms with Crippen LogP contribution in [-0.4, -0.2) is 53.8 Å². The molecule has 2 aliphatic heterocycles. The van der Waals surface area contributed by atoms with Gasteiger partial charge in [-0.05, 0) is 37.1 Å². The Bertz CT molecular complexity index is 786. The van der Waals surface area contributed by atoms with Crippen LogP contribution in [0.5, 0.6) is 0 Å². The summed E-state index contributed by atoms with van der Waals surface area (Å²) in [6.07, 6.45) is 2.16. The molecule has 0 spiro atoms. The second kappa shape index (κ2) is 8.78. The van der Waals surface area contributed by atoms with Crippen molar-refractivity contribution in [2.24, 2.45) is 11.7 Å². The van der Waals surface area contributed by atoms with Crippen molar-refractivity contribution in [3.8, 4) is 0 Å². The Morgan fingerprint density at radius 1 is 0.897 bits per heavy atom. The number of primary amides is 1. The molecular weight excluding hydrogens is 362 g/mol. The van der Waals surface area contributed by atoms with Crippen LogP contribution < -0.4 is 5.73 Å². The van der Waals surface area contributed by atoms with Gasteiger partial charge in [-0.2, -0.15) is 0 Å². The Morgan fingerprint density at radius 2 is 1.41 bits per heavy atom. The molecule has 5 heteroatoms. The Hall–Kier alpha value is -2.66. The van der Waals surface area contributed by atoms with Crippen LogP contribution in [0.1, 0.15) is 36.3 Å². The quantitative estimate of drug-likeness (QED) is 0.823. The number of rotatable bonds is 6. The first-order valence-corrected chi connectivity index (χ1v) is 10.5. The number of nitrogens with zero attached hydrogens (tertiary/aromatic N) is 2. The van der Waals surface area contributed by atoms with E-state index in [4.69, 9.17) is 5.73 Å². The molecule has 29 heavy (non-hydrogen) atoms. The van der Waals surface area contributed by atoms with Crippen molar-refractivity contribution >= 4 is 11.8 Å². The van der Waals surface area contributed by atoms with Gasteiger partial charge in [0.1, 0.15) is 0 Å². The first kappa shape index (κ1) is 19.6. The van der Waals surface area contributed by atoms with Crippen molar-refractivity contribution in [1.82, 2.24) is 9.80 Å². The standard InChI is InChI=1S/C24H29N3O2/c25-24(29)20-11-13-26(14-12-20)21-16-27(17-21)23(28)15-22(18-7-3-1-4-8-18)19-9-5-2-6-10-19/h1-10,20-22H,11-17H2,(H2,25,29). The van der Waals surface area contributed by atoms with Crippen molar-refractivity contribution in [3.63, 3.8) is 0 Å². The molecule has 5 nitrogen and oxygen atoms in total. The lowest BCUT2D eigenvalue weighted by molar-refractivity contribution is -0.139. The van der Waals surface area contributed by atoms with Crippen molar-refractivity contribution < 1.29 is 9.59 Å². The molecule has 0 atom stereocenters. The highest BCUT2D eigenvalue weighted by Crippen LogP contribution is 2.30. The molecule has 2 amide bonds. The highest BCUT2D eigenvalue weighted by Gasteiger charge is 2.37. The Morgan fingerprint density at radius 3 is 1.90 bits per heavy atom. The van der Waals surface area contributed by atoms with Crippen molar-refractivity contribution in [1.29, 1.82) is 0 Å². The molecule has 2 N–H and O–H groups in total. The zero-order valence-electron chi connectivity index (χ0n) is 16.7. The van der Waals surface area contributed by atoms with Gasteiger partial charge in [0.05, 0.1) is 0 Å². The van der Waals surface area contributed by atoms with E-state index in [1.54, 1.807) is 0 Å². The molecule has 2 saturated heterocycles. The molecule has 0 saturated carbocycles. The van der Waals surface area contributed by atoms with Crippen LogP contribution >= 0.6 is 0 Å². The number of nitrogens with two attached hydrogens (primary N) is 1. The minimum Gasteiger partial charge on any atom is -0.369 e. The van der Waals surface area contributed by atoms with Crippen LogP contribution in [0.4, 0.5) is 0 Å². The van der Waals surface area contributed by atoms with Gasteiger partial charge in [0.2, 0.25) is 11.8 Å². The Balaban J connectivity index is 1.35. The van der Waals surface area contributed by atoms with E-state index in [-0.39, 0.29) is 23.7 Å². The molecule has 2 aromatic rings. The van der Waals surface area contributed by atoms with Crippen LogP contribution in [0.25, 0.3) is 0 Å². The minimum atomic E-state index is -0.178. The fourth-order valence-electron chi connectivity index (χ4n) is 4.54. The maximum atomic E-state index is 13.0. The maximum Gasteiger partial charge on any atom is 0.223 e. The summed E-state index contributed by atoms with van der Waals surface area (Å²) < 4.78 is 0. The number of piperidine rings is 1. The molecular formula is C24H29N3O2. The van der Waals surface area contributed by atoms with Gasteiger partial charge < -0.3 is 10.6 Å². The van der Waals surface area contributed by atoms with Crippen molar-refractivity contribution in [2.75, 3.05) is 26.2 Å². The lowest BCUT2D eigenvalue weighted by Crippen LogP contribution is -2.62. The van der Waals surface area contributed by atoms with E-state index in [1.165, 1.54) is 11.1 Å². The predicted molar refractivity (Wildman–Crippen MR) is 113 cm³/mol. The second-order valence-electron chi connectivity index (χ2n) is 8.24. The molecule has 152 valence electrons. The van der Waals surface area contributed by atoms with Crippen molar-refractivity contribution in [3.05, 3.63) is 71.8 Å². The normalized spacial score (nSPS) is 18.6. The third-order valence-corrected chi connectivity index (χ3v) is 6.45. The smallest absolute Gasteiger partial charge is 0.223 e. The van der Waals surface area contributed by atoms with E-state index in [2.05, 4.69) is 29.2 Å². The maximum absolute atomic E-state index is 13.0. The number of hydrogen-bond acceptors (Lipinski definition) is 3. The molecule has 2 heterocycles. The van der Waals surface area contributed by atoms with Crippen LogP contribution in [0, 0.1) is 5.92 Å². The van der Waals surface area contributed by atoms with Gasteiger partial charge in [0.15, 0.2) is 0 Å². The fourth-order valence-corrected chi connectivity index (χ4v) is 4.54. The summed E-state index contributed by atoms with van der Waals surface area (Å²) in [6, 6.07) is 21.0. The minimum absolute atomic E-state index is 0.0153. The van der Waals surface area contributed by atoms with Gasteiger partial charge in [-0.3, -0.25) is 14.5 Å². The van der Waals surface area contributed by atoms with E-state index in [0.29, 0.717) is 12.5 Å². The number of hydrogen-bond donors (Lipinski definition) is 1. The van der Waals surface area contributed by atoms with Crippen LogP contribution in [-0.2, 0) is 9.59 Å². The first-order valence-electron chi connectivity index (χ1n) is 10.5. The predicted octanol–water partition coefficient (Wildman–Crippen LogP) is 2.62. The van der Waals surface area contributed by atoms with E-state index in [1.807, 2.05) is 41.3 Å². The monoisotopic (exact) mass is 391 g/mol. The lowest BCUT2D eigenvalue weighted by Gasteiger charge is -2.47. The average Bonchev–Trinajstić information content (AvgIpc) is 2.72. The zero-order valence-corrected chi connectivity index (χ0v) is 16.7. The van der Waals surface area contributed by atoms with Gasteiger partial charge in [-0.15, -0.1) is 0 Å². The van der Waals surface area contributed by atoms with E-state index >= 15 is 0 Å². The molecule has 0 radical (unpaired) electrons. The SMILES string of the molecule is NC(=O)C1CCN(C2CN(C(=O)CC(c3ccccc3)c3ccccc3)C2)CC1. The lowest BCUT2D eigenvalue weighted by atomic mass is 9.87. The molecule has 0 bridgehead atoms. The van der Waals surface area contributed by atoms with E-state index in [9.17, 15) is 9.59 Å². The third kappa shape index (κ3) is 4.51. The second-order valence-corrected chi connectivity index (χ2v) is 8.24. The molecule has 2 aliphatic rings. The van der Waals surface area contributed by atoms with Crippen molar-refractivity contribution in [2.45, 2.75) is 31.2 Å². The number of carbonyl (C=O) groups excluding carboxylic acids is 2. The number of benzene rings is 2. The van der Waals surface area contributed by atoms with Gasteiger partial charge in [-0.1, -0.05) is 60.7 Å². The van der Waals surface area contributed by atoms with Gasteiger partial charge in [0, 0.05) is 37.4 Å². The average molecular weight is 392 g/mol. The molecule has 0 aromatic heterocycles. The van der Waals surface area contributed by atoms with Crippen LogP contribution in [0.2, 0.25) is 0 Å². The highest BCUT2D eigenvalue weighted by atomic mass is 16.2. The van der Waals surface area contributed by atoms with E-state index in [0.717, 1.165) is 39.0 Å². The molecule has 2 aromatic carbocycles. The summed E-state index contributed by atoms with van der Waals surface area (Å²) >= 11 is 0. The zero-order chi connectivity index (χ0) is 20.2. The fraction of sp³-hybridized carbons (Fsp3) is 0.417. The van der Waals surface area contributed by atoms with Gasteiger partial charge >= 0.3 is 0 Å². The first-order chi connectivity index (χ1) is 14.1. The number of likely N-dealkylation sites (tertiary alicyclic amines) is 2.